The molecule has 1 aromatic rings. The number of amides is 2. The molecule has 0 aliphatic rings. The summed E-state index contributed by atoms with van der Waals surface area (Å²) >= 11 is 1.41. The number of carbonyl (C=O) groups is 2. The fraction of sp³-hybridized carbons (Fsp3) is 0.333. The highest BCUT2D eigenvalue weighted by Gasteiger charge is 2.18. The molecule has 5 nitrogen and oxygen atoms in total. The van der Waals surface area contributed by atoms with Crippen molar-refractivity contribution in [1.82, 2.24) is 5.32 Å². The van der Waals surface area contributed by atoms with Crippen LogP contribution in [0.25, 0.3) is 0 Å². The summed E-state index contributed by atoms with van der Waals surface area (Å²) < 4.78 is 4.77. The fourth-order valence-electron chi connectivity index (χ4n) is 0.997. The number of carbonyl (C=O) groups excluding carboxylic acids is 2. The summed E-state index contributed by atoms with van der Waals surface area (Å²) in [5, 5.41) is 5.96. The summed E-state index contributed by atoms with van der Waals surface area (Å²) in [6.07, 6.45) is 0. The molecule has 0 radical (unpaired) electrons. The minimum atomic E-state index is -0.789. The van der Waals surface area contributed by atoms with Crippen molar-refractivity contribution in [1.29, 1.82) is 0 Å². The first-order valence-corrected chi connectivity index (χ1v) is 5.20. The van der Waals surface area contributed by atoms with Gasteiger partial charge in [-0.25, -0.2) is 0 Å². The van der Waals surface area contributed by atoms with E-state index in [0.29, 0.717) is 5.56 Å². The van der Waals surface area contributed by atoms with Crippen LogP contribution in [0.3, 0.4) is 0 Å². The molecule has 1 atom stereocenters. The van der Waals surface area contributed by atoms with Gasteiger partial charge in [-0.3, -0.25) is 9.59 Å². The molecule has 0 aliphatic carbocycles. The van der Waals surface area contributed by atoms with E-state index in [0.717, 1.165) is 0 Å². The maximum atomic E-state index is 11.5. The van der Waals surface area contributed by atoms with Crippen molar-refractivity contribution in [3.63, 3.8) is 0 Å². The molecular weight excluding hydrogens is 216 g/mol. The third-order valence-corrected chi connectivity index (χ3v) is 2.45. The van der Waals surface area contributed by atoms with E-state index in [-0.39, 0.29) is 12.5 Å². The molecule has 1 rings (SSSR count). The Morgan fingerprint density at radius 3 is 2.87 bits per heavy atom. The first-order valence-electron chi connectivity index (χ1n) is 4.26. The molecule has 1 heterocycles. The van der Waals surface area contributed by atoms with E-state index in [1.54, 1.807) is 16.8 Å². The molecule has 15 heavy (non-hydrogen) atoms. The van der Waals surface area contributed by atoms with Gasteiger partial charge < -0.3 is 15.8 Å². The average molecular weight is 228 g/mol. The smallest absolute Gasteiger partial charge is 0.252 e. The van der Waals surface area contributed by atoms with E-state index < -0.39 is 11.9 Å². The van der Waals surface area contributed by atoms with Crippen LogP contribution >= 0.6 is 11.3 Å². The van der Waals surface area contributed by atoms with Crippen molar-refractivity contribution >= 4 is 23.2 Å². The van der Waals surface area contributed by atoms with Crippen LogP contribution in [-0.4, -0.2) is 31.6 Å². The Labute approximate surface area is 91.2 Å². The summed E-state index contributed by atoms with van der Waals surface area (Å²) in [4.78, 5) is 22.5. The number of rotatable bonds is 5. The quantitative estimate of drug-likeness (QED) is 0.743. The largest absolute Gasteiger partial charge is 0.382 e. The molecule has 0 saturated carbocycles. The molecule has 0 aliphatic heterocycles. The van der Waals surface area contributed by atoms with Gasteiger partial charge in [-0.15, -0.1) is 0 Å². The summed E-state index contributed by atoms with van der Waals surface area (Å²) in [5.74, 6) is -0.933. The second kappa shape index (κ2) is 5.47. The van der Waals surface area contributed by atoms with Crippen LogP contribution in [0.5, 0.6) is 0 Å². The normalized spacial score (nSPS) is 12.1. The second-order valence-electron chi connectivity index (χ2n) is 2.90. The lowest BCUT2D eigenvalue weighted by Gasteiger charge is -2.13. The number of primary amides is 1. The number of hydrogen-bond acceptors (Lipinski definition) is 4. The van der Waals surface area contributed by atoms with Crippen LogP contribution in [-0.2, 0) is 9.53 Å². The van der Waals surface area contributed by atoms with Crippen molar-refractivity contribution in [3.05, 3.63) is 22.4 Å². The van der Waals surface area contributed by atoms with Crippen LogP contribution in [0.1, 0.15) is 10.4 Å². The maximum Gasteiger partial charge on any atom is 0.252 e. The molecular formula is C9H12N2O3S. The highest BCUT2D eigenvalue weighted by atomic mass is 32.1. The van der Waals surface area contributed by atoms with Crippen LogP contribution < -0.4 is 11.1 Å². The van der Waals surface area contributed by atoms with Gasteiger partial charge in [0.05, 0.1) is 12.2 Å². The highest BCUT2D eigenvalue weighted by molar-refractivity contribution is 7.08. The lowest BCUT2D eigenvalue weighted by atomic mass is 10.2. The van der Waals surface area contributed by atoms with Crippen LogP contribution in [0.2, 0.25) is 0 Å². The summed E-state index contributed by atoms with van der Waals surface area (Å²) in [6.45, 7) is 0.0746. The SMILES string of the molecule is COC[C@H](NC(=O)c1ccsc1)C(N)=O. The molecule has 0 aromatic carbocycles. The molecule has 2 amide bonds. The maximum absolute atomic E-state index is 11.5. The predicted octanol–water partition coefficient (Wildman–Crippen LogP) is -0.0218. The van der Waals surface area contributed by atoms with Crippen molar-refractivity contribution < 1.29 is 14.3 Å². The Balaban J connectivity index is 2.59. The van der Waals surface area contributed by atoms with Gasteiger partial charge in [-0.1, -0.05) is 0 Å². The Bertz CT molecular complexity index is 337. The van der Waals surface area contributed by atoms with E-state index in [9.17, 15) is 9.59 Å². The number of nitrogens with one attached hydrogen (secondary N) is 1. The van der Waals surface area contributed by atoms with Gasteiger partial charge in [0.1, 0.15) is 6.04 Å². The molecule has 0 saturated heterocycles. The van der Waals surface area contributed by atoms with Gasteiger partial charge >= 0.3 is 0 Å². The van der Waals surface area contributed by atoms with Gasteiger partial charge in [0.2, 0.25) is 5.91 Å². The summed E-state index contributed by atoms with van der Waals surface area (Å²) in [5.41, 5.74) is 5.61. The van der Waals surface area contributed by atoms with Gasteiger partial charge in [0, 0.05) is 12.5 Å². The van der Waals surface area contributed by atoms with Gasteiger partial charge in [0.25, 0.3) is 5.91 Å². The van der Waals surface area contributed by atoms with Crippen LogP contribution in [0.4, 0.5) is 0 Å². The standard InChI is InChI=1S/C9H12N2O3S/c1-14-4-7(8(10)12)11-9(13)6-2-3-15-5-6/h2-3,5,7H,4H2,1H3,(H2,10,12)(H,11,13)/t7-/m0/s1. The molecule has 82 valence electrons. The molecule has 0 unspecified atom stereocenters. The first-order chi connectivity index (χ1) is 7.15. The van der Waals surface area contributed by atoms with E-state index in [1.807, 2.05) is 0 Å². The minimum absolute atomic E-state index is 0.0746. The molecule has 1 aromatic heterocycles. The number of methoxy groups -OCH3 is 1. The number of ether oxygens (including phenoxy) is 1. The van der Waals surface area contributed by atoms with Crippen molar-refractivity contribution in [2.75, 3.05) is 13.7 Å². The summed E-state index contributed by atoms with van der Waals surface area (Å²) in [7, 11) is 1.44. The Kier molecular flexibility index (Phi) is 4.26. The van der Waals surface area contributed by atoms with Crippen molar-refractivity contribution in [2.24, 2.45) is 5.73 Å². The fourth-order valence-corrected chi connectivity index (χ4v) is 1.63. The van der Waals surface area contributed by atoms with Crippen LogP contribution in [0.15, 0.2) is 16.8 Å². The highest BCUT2D eigenvalue weighted by Crippen LogP contribution is 2.05. The zero-order chi connectivity index (χ0) is 11.3. The average Bonchev–Trinajstić information content (AvgIpc) is 2.69. The molecule has 6 heteroatoms. The zero-order valence-corrected chi connectivity index (χ0v) is 9.04. The van der Waals surface area contributed by atoms with Crippen molar-refractivity contribution in [2.45, 2.75) is 6.04 Å². The monoisotopic (exact) mass is 228 g/mol. The van der Waals surface area contributed by atoms with Gasteiger partial charge in [-0.2, -0.15) is 11.3 Å². The van der Waals surface area contributed by atoms with Crippen LogP contribution in [0, 0.1) is 0 Å². The minimum Gasteiger partial charge on any atom is -0.382 e. The topological polar surface area (TPSA) is 81.4 Å². The molecule has 0 bridgehead atoms. The predicted molar refractivity (Wildman–Crippen MR) is 56.6 cm³/mol. The molecule has 0 fully saturated rings. The number of hydrogen-bond donors (Lipinski definition) is 2. The Morgan fingerprint density at radius 2 is 2.40 bits per heavy atom. The lowest BCUT2D eigenvalue weighted by molar-refractivity contribution is -0.121. The third-order valence-electron chi connectivity index (χ3n) is 1.77. The molecule has 0 spiro atoms. The summed E-state index contributed by atoms with van der Waals surface area (Å²) in [6, 6.07) is 0.882. The second-order valence-corrected chi connectivity index (χ2v) is 3.68. The van der Waals surface area contributed by atoms with E-state index in [4.69, 9.17) is 10.5 Å². The Morgan fingerprint density at radius 1 is 1.67 bits per heavy atom. The molecule has 3 N–H and O–H groups in total. The first kappa shape index (κ1) is 11.7. The lowest BCUT2D eigenvalue weighted by Crippen LogP contribution is -2.47. The van der Waals surface area contributed by atoms with E-state index in [2.05, 4.69) is 5.32 Å². The van der Waals surface area contributed by atoms with E-state index >= 15 is 0 Å². The third kappa shape index (κ3) is 3.34. The van der Waals surface area contributed by atoms with Crippen molar-refractivity contribution in [3.8, 4) is 0 Å². The van der Waals surface area contributed by atoms with Gasteiger partial charge in [-0.05, 0) is 11.4 Å². The Hall–Kier alpha value is -1.40. The van der Waals surface area contributed by atoms with E-state index in [1.165, 1.54) is 18.4 Å². The zero-order valence-electron chi connectivity index (χ0n) is 8.23. The van der Waals surface area contributed by atoms with Gasteiger partial charge in [0.15, 0.2) is 0 Å². The number of nitrogens with two attached hydrogens (primary N) is 1. The number of thiophene rings is 1.